The first kappa shape index (κ1) is 19.7. The number of amides is 1. The second-order valence-corrected chi connectivity index (χ2v) is 7.02. The van der Waals surface area contributed by atoms with Gasteiger partial charge in [0.1, 0.15) is 0 Å². The number of carbonyl (C=O) groups excluding carboxylic acids is 1. The van der Waals surface area contributed by atoms with Crippen LogP contribution in [0.15, 0.2) is 15.7 Å². The van der Waals surface area contributed by atoms with Crippen molar-refractivity contribution in [1.29, 1.82) is 0 Å². The van der Waals surface area contributed by atoms with Gasteiger partial charge >= 0.3 is 5.69 Å². The first-order valence-corrected chi connectivity index (χ1v) is 9.21. The molecule has 0 bridgehead atoms. The molecule has 28 heavy (non-hydrogen) atoms. The molecule has 0 spiro atoms. The van der Waals surface area contributed by atoms with Crippen LogP contribution in [0.5, 0.6) is 0 Å². The van der Waals surface area contributed by atoms with Gasteiger partial charge in [0.05, 0.1) is 17.5 Å². The summed E-state index contributed by atoms with van der Waals surface area (Å²) < 4.78 is 3.42. The lowest BCUT2D eigenvalue weighted by Crippen LogP contribution is -2.33. The van der Waals surface area contributed by atoms with E-state index < -0.39 is 17.2 Å². The zero-order valence-corrected chi connectivity index (χ0v) is 16.8. The van der Waals surface area contributed by atoms with Crippen LogP contribution in [0.3, 0.4) is 0 Å². The highest BCUT2D eigenvalue weighted by Gasteiger charge is 2.20. The number of aryl methyl sites for hydroxylation is 1. The van der Waals surface area contributed by atoms with Gasteiger partial charge in [0, 0.05) is 19.3 Å². The zero-order valence-electron chi connectivity index (χ0n) is 16.0. The number of aromatic amines is 2. The van der Waals surface area contributed by atoms with Gasteiger partial charge in [-0.2, -0.15) is 5.10 Å². The summed E-state index contributed by atoms with van der Waals surface area (Å²) in [6.45, 7) is 6.05. The number of carbonyl (C=O) groups is 1. The molecule has 0 aromatic carbocycles. The van der Waals surface area contributed by atoms with E-state index in [4.69, 9.17) is 12.2 Å². The Bertz CT molecular complexity index is 1230. The van der Waals surface area contributed by atoms with Crippen molar-refractivity contribution in [3.63, 3.8) is 0 Å². The van der Waals surface area contributed by atoms with E-state index >= 15 is 0 Å². The summed E-state index contributed by atoms with van der Waals surface area (Å²) in [7, 11) is 1.73. The summed E-state index contributed by atoms with van der Waals surface area (Å²) in [5, 5.41) is 9.53. The van der Waals surface area contributed by atoms with Gasteiger partial charge in [-0.3, -0.25) is 24.2 Å². The molecule has 1 amide bonds. The van der Waals surface area contributed by atoms with E-state index in [1.165, 1.54) is 4.57 Å². The minimum atomic E-state index is -0.643. The van der Waals surface area contributed by atoms with Gasteiger partial charge in [-0.25, -0.2) is 9.78 Å². The van der Waals surface area contributed by atoms with Gasteiger partial charge < -0.3 is 9.88 Å². The minimum absolute atomic E-state index is 0.00237. The molecule has 3 N–H and O–H groups in total. The SMILES string of the molecule is CCn1c(=O)[nH]c(=O)c2c(C(=O)NCc3n[nH]c(=S)n3C)cc(C(C)C)nc21. The average molecular weight is 403 g/mol. The number of rotatable bonds is 5. The number of hydrogen-bond acceptors (Lipinski definition) is 6. The van der Waals surface area contributed by atoms with Crippen molar-refractivity contribution in [2.45, 2.75) is 39.8 Å². The average Bonchev–Trinajstić information content (AvgIpc) is 2.97. The van der Waals surface area contributed by atoms with E-state index in [2.05, 4.69) is 25.5 Å². The highest BCUT2D eigenvalue weighted by Crippen LogP contribution is 2.19. The van der Waals surface area contributed by atoms with Crippen LogP contribution in [0, 0.1) is 4.77 Å². The monoisotopic (exact) mass is 403 g/mol. The Morgan fingerprint density at radius 3 is 2.64 bits per heavy atom. The quantitative estimate of drug-likeness (QED) is 0.544. The number of pyridine rings is 1. The molecule has 0 unspecified atom stereocenters. The standard InChI is InChI=1S/C17H21N7O3S/c1-5-24-13-12(15(26)20-16(24)27)9(6-10(19-13)8(2)3)14(25)18-7-11-21-22-17(28)23(11)4/h6,8H,5,7H2,1-4H3,(H,18,25)(H,22,28)(H,20,26,27). The van der Waals surface area contributed by atoms with Crippen LogP contribution >= 0.6 is 12.2 Å². The number of aromatic nitrogens is 6. The Balaban J connectivity index is 2.14. The van der Waals surface area contributed by atoms with Crippen LogP contribution in [0.4, 0.5) is 0 Å². The molecular weight excluding hydrogens is 382 g/mol. The Hall–Kier alpha value is -3.08. The van der Waals surface area contributed by atoms with Gasteiger partial charge in [-0.1, -0.05) is 13.8 Å². The fourth-order valence-electron chi connectivity index (χ4n) is 2.85. The van der Waals surface area contributed by atoms with Crippen molar-refractivity contribution in [3.05, 3.63) is 48.8 Å². The number of nitrogens with one attached hydrogen (secondary N) is 3. The highest BCUT2D eigenvalue weighted by molar-refractivity contribution is 7.71. The maximum atomic E-state index is 12.9. The fraction of sp³-hybridized carbons (Fsp3) is 0.412. The van der Waals surface area contributed by atoms with E-state index in [9.17, 15) is 14.4 Å². The van der Waals surface area contributed by atoms with E-state index in [1.54, 1.807) is 24.6 Å². The lowest BCUT2D eigenvalue weighted by atomic mass is 10.0. The molecule has 0 saturated carbocycles. The second-order valence-electron chi connectivity index (χ2n) is 6.64. The molecule has 0 atom stereocenters. The Labute approximate surface area is 164 Å². The van der Waals surface area contributed by atoms with Crippen LogP contribution in [-0.4, -0.2) is 35.2 Å². The van der Waals surface area contributed by atoms with Gasteiger partial charge in [0.15, 0.2) is 16.2 Å². The molecule has 0 aliphatic heterocycles. The summed E-state index contributed by atoms with van der Waals surface area (Å²) in [5.41, 5.74) is -0.222. The molecule has 0 aliphatic carbocycles. The van der Waals surface area contributed by atoms with Crippen molar-refractivity contribution >= 4 is 29.2 Å². The van der Waals surface area contributed by atoms with Crippen LogP contribution in [0.1, 0.15) is 48.6 Å². The molecular formula is C17H21N7O3S. The third-order valence-electron chi connectivity index (χ3n) is 4.50. The third-order valence-corrected chi connectivity index (χ3v) is 4.87. The largest absolute Gasteiger partial charge is 0.345 e. The molecule has 0 aliphatic rings. The van der Waals surface area contributed by atoms with Crippen LogP contribution in [0.2, 0.25) is 0 Å². The summed E-state index contributed by atoms with van der Waals surface area (Å²) >= 11 is 5.06. The maximum absolute atomic E-state index is 12.9. The van der Waals surface area contributed by atoms with E-state index in [0.29, 0.717) is 22.8 Å². The minimum Gasteiger partial charge on any atom is -0.345 e. The van der Waals surface area contributed by atoms with Crippen molar-refractivity contribution in [3.8, 4) is 0 Å². The second kappa shape index (κ2) is 7.50. The molecule has 3 rings (SSSR count). The van der Waals surface area contributed by atoms with E-state index in [0.717, 1.165) is 0 Å². The molecule has 0 fully saturated rings. The highest BCUT2D eigenvalue weighted by atomic mass is 32.1. The normalized spacial score (nSPS) is 11.3. The predicted octanol–water partition coefficient (Wildman–Crippen LogP) is 0.949. The van der Waals surface area contributed by atoms with Crippen molar-refractivity contribution in [2.75, 3.05) is 0 Å². The topological polar surface area (TPSA) is 130 Å². The smallest absolute Gasteiger partial charge is 0.329 e. The molecule has 3 aromatic heterocycles. The third kappa shape index (κ3) is 3.40. The summed E-state index contributed by atoms with van der Waals surface area (Å²) in [4.78, 5) is 44.3. The summed E-state index contributed by atoms with van der Waals surface area (Å²) in [6.07, 6.45) is 0. The number of nitrogens with zero attached hydrogens (tertiary/aromatic N) is 4. The number of fused-ring (bicyclic) bond motifs is 1. The zero-order chi connectivity index (χ0) is 20.6. The molecule has 0 radical (unpaired) electrons. The Morgan fingerprint density at radius 2 is 2.07 bits per heavy atom. The van der Waals surface area contributed by atoms with Crippen molar-refractivity contribution in [2.24, 2.45) is 7.05 Å². The first-order valence-electron chi connectivity index (χ1n) is 8.80. The van der Waals surface area contributed by atoms with Crippen LogP contribution in [0.25, 0.3) is 11.0 Å². The summed E-state index contributed by atoms with van der Waals surface area (Å²) in [6, 6.07) is 1.59. The van der Waals surface area contributed by atoms with E-state index in [-0.39, 0.29) is 29.1 Å². The molecule has 11 heteroatoms. The van der Waals surface area contributed by atoms with Gasteiger partial charge in [-0.05, 0) is 31.1 Å². The van der Waals surface area contributed by atoms with E-state index in [1.807, 2.05) is 13.8 Å². The molecule has 0 saturated heterocycles. The Kier molecular flexibility index (Phi) is 5.27. The van der Waals surface area contributed by atoms with Crippen molar-refractivity contribution < 1.29 is 4.79 Å². The fourth-order valence-corrected chi connectivity index (χ4v) is 3.00. The van der Waals surface area contributed by atoms with Gasteiger partial charge in [0.25, 0.3) is 11.5 Å². The van der Waals surface area contributed by atoms with Crippen LogP contribution in [-0.2, 0) is 20.1 Å². The predicted molar refractivity (Wildman–Crippen MR) is 106 cm³/mol. The number of H-pyrrole nitrogens is 2. The first-order chi connectivity index (χ1) is 13.2. The molecule has 148 valence electrons. The molecule has 3 heterocycles. The van der Waals surface area contributed by atoms with Crippen LogP contribution < -0.4 is 16.6 Å². The summed E-state index contributed by atoms with van der Waals surface area (Å²) in [5.74, 6) is 0.0813. The Morgan fingerprint density at radius 1 is 1.36 bits per heavy atom. The molecule has 3 aromatic rings. The lowest BCUT2D eigenvalue weighted by molar-refractivity contribution is 0.0951. The lowest BCUT2D eigenvalue weighted by Gasteiger charge is -2.14. The van der Waals surface area contributed by atoms with Crippen molar-refractivity contribution in [1.82, 2.24) is 34.6 Å². The number of hydrogen-bond donors (Lipinski definition) is 3. The van der Waals surface area contributed by atoms with Gasteiger partial charge in [0.2, 0.25) is 0 Å². The molecule has 10 nitrogen and oxygen atoms in total. The van der Waals surface area contributed by atoms with Gasteiger partial charge in [-0.15, -0.1) is 0 Å². The maximum Gasteiger partial charge on any atom is 0.329 e.